The highest BCUT2D eigenvalue weighted by atomic mass is 16.3. The Morgan fingerprint density at radius 2 is 1.78 bits per heavy atom. The summed E-state index contributed by atoms with van der Waals surface area (Å²) in [6.45, 7) is 8.91. The molecule has 0 saturated heterocycles. The number of aliphatic hydroxyl groups excluding tert-OH is 2. The number of fused-ring (bicyclic) bond motifs is 5. The van der Waals surface area contributed by atoms with Gasteiger partial charge in [0.05, 0.1) is 17.8 Å². The van der Waals surface area contributed by atoms with Crippen LogP contribution in [0.15, 0.2) is 12.2 Å². The zero-order valence-corrected chi connectivity index (χ0v) is 14.6. The molecule has 0 aromatic carbocycles. The van der Waals surface area contributed by atoms with E-state index in [1.807, 2.05) is 0 Å². The second-order valence-corrected chi connectivity index (χ2v) is 9.47. The predicted molar refractivity (Wildman–Crippen MR) is 89.7 cm³/mol. The van der Waals surface area contributed by atoms with Gasteiger partial charge in [-0.3, -0.25) is 0 Å². The van der Waals surface area contributed by atoms with Crippen LogP contribution in [0.25, 0.3) is 0 Å². The molecule has 4 aliphatic rings. The molecule has 0 radical (unpaired) electrons. The van der Waals surface area contributed by atoms with E-state index >= 15 is 0 Å². The first-order valence-electron chi connectivity index (χ1n) is 9.49. The lowest BCUT2D eigenvalue weighted by atomic mass is 9.43. The Bertz CT molecular complexity index is 531. The van der Waals surface area contributed by atoms with Gasteiger partial charge in [0, 0.05) is 11.8 Å². The molecule has 0 aromatic rings. The minimum Gasteiger partial charge on any atom is -0.393 e. The molecule has 4 fully saturated rings. The van der Waals surface area contributed by atoms with Crippen molar-refractivity contribution in [3.63, 3.8) is 0 Å². The van der Waals surface area contributed by atoms with Crippen LogP contribution in [0, 0.1) is 28.6 Å². The van der Waals surface area contributed by atoms with Gasteiger partial charge in [0.2, 0.25) is 0 Å². The van der Waals surface area contributed by atoms with Crippen LogP contribution in [0.1, 0.15) is 65.2 Å². The van der Waals surface area contributed by atoms with Gasteiger partial charge in [0.25, 0.3) is 0 Å². The quantitative estimate of drug-likeness (QED) is 0.601. The molecule has 0 spiro atoms. The monoisotopic (exact) mass is 320 g/mol. The van der Waals surface area contributed by atoms with Gasteiger partial charge in [-0.1, -0.05) is 26.0 Å². The highest BCUT2D eigenvalue weighted by Crippen LogP contribution is 2.67. The van der Waals surface area contributed by atoms with Gasteiger partial charge in [0.1, 0.15) is 0 Å². The molecular weight excluding hydrogens is 288 g/mol. The van der Waals surface area contributed by atoms with E-state index in [1.165, 1.54) is 18.4 Å². The third-order valence-corrected chi connectivity index (χ3v) is 8.79. The molecule has 3 N–H and O–H groups in total. The fraction of sp³-hybridized carbons (Fsp3) is 0.900. The molecule has 3 heteroatoms. The maximum atomic E-state index is 11.4. The molecule has 4 rings (SSSR count). The zero-order chi connectivity index (χ0) is 16.6. The van der Waals surface area contributed by atoms with Gasteiger partial charge in [-0.15, -0.1) is 0 Å². The van der Waals surface area contributed by atoms with Gasteiger partial charge in [0.15, 0.2) is 0 Å². The summed E-state index contributed by atoms with van der Waals surface area (Å²) < 4.78 is 0. The lowest BCUT2D eigenvalue weighted by Crippen LogP contribution is -2.68. The molecule has 130 valence electrons. The van der Waals surface area contributed by atoms with E-state index in [1.54, 1.807) is 0 Å². The lowest BCUT2D eigenvalue weighted by molar-refractivity contribution is -0.262. The Kier molecular flexibility index (Phi) is 3.38. The Labute approximate surface area is 139 Å². The smallest absolute Gasteiger partial charge is 0.0985 e. The van der Waals surface area contributed by atoms with Crippen molar-refractivity contribution < 1.29 is 15.3 Å². The summed E-state index contributed by atoms with van der Waals surface area (Å²) in [5.74, 6) is 1.56. The fourth-order valence-electron chi connectivity index (χ4n) is 7.17. The van der Waals surface area contributed by atoms with E-state index < -0.39 is 17.8 Å². The van der Waals surface area contributed by atoms with Crippen LogP contribution in [0.3, 0.4) is 0 Å². The molecule has 3 unspecified atom stereocenters. The van der Waals surface area contributed by atoms with Gasteiger partial charge >= 0.3 is 0 Å². The summed E-state index contributed by atoms with van der Waals surface area (Å²) in [4.78, 5) is 0. The summed E-state index contributed by atoms with van der Waals surface area (Å²) in [6.07, 6.45) is 6.04. The van der Waals surface area contributed by atoms with Gasteiger partial charge in [-0.25, -0.2) is 0 Å². The molecule has 8 atom stereocenters. The molecule has 0 heterocycles. The standard InChI is InChI=1S/C20H32O3/c1-12-4-5-15-14-10-17(22)20(23)11-13(21)6-9-19(20,3)16(14)7-8-18(12,15)2/h13-17,21-23H,1,4-11H2,2-3H3/t13-,14?,15?,16?,17+,18+,19+,20-/m0/s1. The number of hydrogen-bond acceptors (Lipinski definition) is 3. The fourth-order valence-corrected chi connectivity index (χ4v) is 7.17. The van der Waals surface area contributed by atoms with E-state index in [-0.39, 0.29) is 10.8 Å². The minimum atomic E-state index is -1.12. The average Bonchev–Trinajstić information content (AvgIpc) is 2.79. The van der Waals surface area contributed by atoms with Gasteiger partial charge in [-0.05, 0) is 68.1 Å². The highest BCUT2D eigenvalue weighted by Gasteiger charge is 2.66. The first-order chi connectivity index (χ1) is 10.7. The van der Waals surface area contributed by atoms with Crippen LogP contribution in [-0.2, 0) is 0 Å². The average molecular weight is 320 g/mol. The van der Waals surface area contributed by atoms with E-state index in [0.29, 0.717) is 30.6 Å². The van der Waals surface area contributed by atoms with Crippen molar-refractivity contribution >= 4 is 0 Å². The second kappa shape index (κ2) is 4.83. The first kappa shape index (κ1) is 16.1. The summed E-state index contributed by atoms with van der Waals surface area (Å²) >= 11 is 0. The Balaban J connectivity index is 1.72. The van der Waals surface area contributed by atoms with Crippen molar-refractivity contribution in [2.24, 2.45) is 28.6 Å². The number of aliphatic hydroxyl groups is 3. The molecule has 4 saturated carbocycles. The molecule has 23 heavy (non-hydrogen) atoms. The molecule has 3 nitrogen and oxygen atoms in total. The van der Waals surface area contributed by atoms with Crippen molar-refractivity contribution in [2.45, 2.75) is 83.0 Å². The summed E-state index contributed by atoms with van der Waals surface area (Å²) in [5.41, 5.74) is 0.260. The maximum absolute atomic E-state index is 11.4. The minimum absolute atomic E-state index is 0.237. The molecule has 0 aliphatic heterocycles. The van der Waals surface area contributed by atoms with Gasteiger partial charge < -0.3 is 15.3 Å². The Morgan fingerprint density at radius 3 is 2.52 bits per heavy atom. The first-order valence-corrected chi connectivity index (χ1v) is 9.49. The number of allylic oxidation sites excluding steroid dienone is 1. The van der Waals surface area contributed by atoms with Crippen LogP contribution in [0.4, 0.5) is 0 Å². The SMILES string of the molecule is C=C1CCC2C3C[C@@H](O)[C@@]4(O)C[C@@H](O)CC[C@]4(C)C3CC[C@]12C. The van der Waals surface area contributed by atoms with Crippen LogP contribution in [0.2, 0.25) is 0 Å². The number of rotatable bonds is 0. The maximum Gasteiger partial charge on any atom is 0.0985 e. The topological polar surface area (TPSA) is 60.7 Å². The van der Waals surface area contributed by atoms with Crippen LogP contribution in [0.5, 0.6) is 0 Å². The second-order valence-electron chi connectivity index (χ2n) is 9.47. The van der Waals surface area contributed by atoms with Crippen molar-refractivity contribution in [3.8, 4) is 0 Å². The van der Waals surface area contributed by atoms with E-state index in [2.05, 4.69) is 20.4 Å². The third-order valence-electron chi connectivity index (χ3n) is 8.79. The predicted octanol–water partition coefficient (Wildman–Crippen LogP) is 3.03. The van der Waals surface area contributed by atoms with Crippen LogP contribution >= 0.6 is 0 Å². The molecule has 0 bridgehead atoms. The Hall–Kier alpha value is -0.380. The molecular formula is C20H32O3. The lowest BCUT2D eigenvalue weighted by Gasteiger charge is -2.65. The normalized spacial score (nSPS) is 59.2. The number of hydrogen-bond donors (Lipinski definition) is 3. The van der Waals surface area contributed by atoms with Crippen LogP contribution in [-0.4, -0.2) is 33.1 Å². The third kappa shape index (κ3) is 1.88. The van der Waals surface area contributed by atoms with Crippen molar-refractivity contribution in [1.29, 1.82) is 0 Å². The van der Waals surface area contributed by atoms with Gasteiger partial charge in [-0.2, -0.15) is 0 Å². The molecule has 0 amide bonds. The summed E-state index contributed by atoms with van der Waals surface area (Å²) in [5, 5.41) is 32.3. The largest absolute Gasteiger partial charge is 0.393 e. The van der Waals surface area contributed by atoms with Crippen molar-refractivity contribution in [3.05, 3.63) is 12.2 Å². The van der Waals surface area contributed by atoms with Crippen LogP contribution < -0.4 is 0 Å². The van der Waals surface area contributed by atoms with E-state index in [0.717, 1.165) is 25.7 Å². The summed E-state index contributed by atoms with van der Waals surface area (Å²) in [6, 6.07) is 0. The zero-order valence-electron chi connectivity index (χ0n) is 14.6. The van der Waals surface area contributed by atoms with E-state index in [4.69, 9.17) is 0 Å². The molecule has 4 aliphatic carbocycles. The van der Waals surface area contributed by atoms with Crippen molar-refractivity contribution in [1.82, 2.24) is 0 Å². The van der Waals surface area contributed by atoms with E-state index in [9.17, 15) is 15.3 Å². The Morgan fingerprint density at radius 1 is 1.04 bits per heavy atom. The van der Waals surface area contributed by atoms with Crippen molar-refractivity contribution in [2.75, 3.05) is 0 Å². The molecule has 0 aromatic heterocycles. The highest BCUT2D eigenvalue weighted by molar-refractivity contribution is 5.23. The summed E-state index contributed by atoms with van der Waals surface area (Å²) in [7, 11) is 0.